The summed E-state index contributed by atoms with van der Waals surface area (Å²) >= 11 is 0. The molecular formula is C29H34N2O5. The van der Waals surface area contributed by atoms with Gasteiger partial charge in [0.25, 0.3) is 5.91 Å². The average Bonchev–Trinajstić information content (AvgIpc) is 3.86. The highest BCUT2D eigenvalue weighted by Gasteiger charge is 2.39. The number of carbonyl (C=O) groups is 2. The molecule has 190 valence electrons. The van der Waals surface area contributed by atoms with E-state index in [4.69, 9.17) is 14.2 Å². The molecule has 0 bridgehead atoms. The number of hydrogen-bond acceptors (Lipinski definition) is 5. The van der Waals surface area contributed by atoms with Crippen molar-refractivity contribution in [1.29, 1.82) is 0 Å². The first kappa shape index (κ1) is 23.3. The number of fused-ring (bicyclic) bond motifs is 1. The third-order valence-electron chi connectivity index (χ3n) is 7.93. The van der Waals surface area contributed by atoms with Crippen LogP contribution >= 0.6 is 0 Å². The molecular weight excluding hydrogens is 456 g/mol. The molecule has 7 heteroatoms. The second kappa shape index (κ2) is 9.43. The van der Waals surface area contributed by atoms with Crippen LogP contribution in [0.3, 0.4) is 0 Å². The van der Waals surface area contributed by atoms with Gasteiger partial charge in [0.1, 0.15) is 5.75 Å². The largest absolute Gasteiger partial charge is 0.464 e. The van der Waals surface area contributed by atoms with E-state index < -0.39 is 0 Å². The summed E-state index contributed by atoms with van der Waals surface area (Å²) in [6.45, 7) is 4.53. The summed E-state index contributed by atoms with van der Waals surface area (Å²) in [5.74, 6) is 1.10. The Morgan fingerprint density at radius 1 is 1.03 bits per heavy atom. The van der Waals surface area contributed by atoms with Gasteiger partial charge in [-0.3, -0.25) is 4.79 Å². The lowest BCUT2D eigenvalue weighted by atomic mass is 9.95. The first-order chi connectivity index (χ1) is 17.5. The summed E-state index contributed by atoms with van der Waals surface area (Å²) in [6.07, 6.45) is 5.64. The monoisotopic (exact) mass is 490 g/mol. The third kappa shape index (κ3) is 5.21. The Bertz CT molecular complexity index is 1130. The number of amides is 2. The topological polar surface area (TPSA) is 77.1 Å². The van der Waals surface area contributed by atoms with Gasteiger partial charge in [0.2, 0.25) is 6.29 Å². The van der Waals surface area contributed by atoms with Crippen LogP contribution in [0.2, 0.25) is 0 Å². The highest BCUT2D eigenvalue weighted by molar-refractivity contribution is 5.95. The summed E-state index contributed by atoms with van der Waals surface area (Å²) in [5, 5.41) is 3.02. The molecule has 1 atom stereocenters. The molecule has 1 unspecified atom stereocenters. The fraction of sp³-hybridized carbons (Fsp3) is 0.517. The summed E-state index contributed by atoms with van der Waals surface area (Å²) in [7, 11) is 0. The van der Waals surface area contributed by atoms with Gasteiger partial charge >= 0.3 is 6.09 Å². The van der Waals surface area contributed by atoms with Gasteiger partial charge in [0, 0.05) is 41.6 Å². The van der Waals surface area contributed by atoms with Gasteiger partial charge in [-0.25, -0.2) is 4.79 Å². The lowest BCUT2D eigenvalue weighted by Gasteiger charge is -2.37. The van der Waals surface area contributed by atoms with E-state index in [9.17, 15) is 9.59 Å². The number of piperidine rings is 1. The number of likely N-dealkylation sites (tertiary alicyclic amines) is 1. The number of nitrogens with one attached hydrogen (secondary N) is 1. The Labute approximate surface area is 212 Å². The van der Waals surface area contributed by atoms with Gasteiger partial charge in [-0.1, -0.05) is 25.1 Å². The van der Waals surface area contributed by atoms with Crippen molar-refractivity contribution in [3.05, 3.63) is 53.6 Å². The van der Waals surface area contributed by atoms with Crippen LogP contribution in [0.4, 0.5) is 4.79 Å². The van der Waals surface area contributed by atoms with Gasteiger partial charge < -0.3 is 24.4 Å². The van der Waals surface area contributed by atoms with Gasteiger partial charge in [-0.15, -0.1) is 0 Å². The minimum absolute atomic E-state index is 0.00216. The molecule has 2 amide bonds. The van der Waals surface area contributed by atoms with Crippen molar-refractivity contribution < 1.29 is 23.8 Å². The van der Waals surface area contributed by atoms with Gasteiger partial charge in [0.05, 0.1) is 13.2 Å². The molecule has 2 aliphatic heterocycles. The number of hydrogen-bond donors (Lipinski definition) is 1. The minimum atomic E-state index is -0.295. The fourth-order valence-electron chi connectivity index (χ4n) is 4.90. The van der Waals surface area contributed by atoms with E-state index in [1.165, 1.54) is 0 Å². The SMILES string of the molecule is CC1(COC(=O)N2CCC(C3OCc4cc(-c5ccc(C(=O)NC6CC6)cc5)ccc4O3)CC2)CC1. The first-order valence-corrected chi connectivity index (χ1v) is 13.2. The summed E-state index contributed by atoms with van der Waals surface area (Å²) in [4.78, 5) is 26.4. The zero-order valence-corrected chi connectivity index (χ0v) is 20.8. The molecule has 2 aromatic carbocycles. The minimum Gasteiger partial charge on any atom is -0.464 e. The molecule has 7 nitrogen and oxygen atoms in total. The summed E-state index contributed by atoms with van der Waals surface area (Å²) in [5.41, 5.74) is 4.04. The molecule has 0 aromatic heterocycles. The van der Waals surface area contributed by atoms with Crippen LogP contribution in [0.1, 0.15) is 61.4 Å². The Balaban J connectivity index is 1.03. The zero-order valence-electron chi connectivity index (χ0n) is 20.8. The van der Waals surface area contributed by atoms with E-state index in [0.717, 1.165) is 61.0 Å². The van der Waals surface area contributed by atoms with Crippen LogP contribution in [0.25, 0.3) is 11.1 Å². The maximum Gasteiger partial charge on any atom is 0.409 e. The van der Waals surface area contributed by atoms with E-state index >= 15 is 0 Å². The van der Waals surface area contributed by atoms with Crippen LogP contribution in [-0.2, 0) is 16.1 Å². The smallest absolute Gasteiger partial charge is 0.409 e. The van der Waals surface area contributed by atoms with Crippen molar-refractivity contribution in [2.24, 2.45) is 11.3 Å². The average molecular weight is 491 g/mol. The predicted octanol–water partition coefficient (Wildman–Crippen LogP) is 5.13. The second-order valence-electron chi connectivity index (χ2n) is 11.1. The van der Waals surface area contributed by atoms with Crippen LogP contribution in [0, 0.1) is 11.3 Å². The Morgan fingerprint density at radius 3 is 2.44 bits per heavy atom. The van der Waals surface area contributed by atoms with Gasteiger partial charge in [0.15, 0.2) is 0 Å². The van der Waals surface area contributed by atoms with E-state index in [1.807, 2.05) is 35.2 Å². The van der Waals surface area contributed by atoms with Crippen molar-refractivity contribution in [1.82, 2.24) is 10.2 Å². The Hall–Kier alpha value is -3.06. The number of carbonyl (C=O) groups excluding carboxylic acids is 2. The van der Waals surface area contributed by atoms with Crippen LogP contribution in [0.5, 0.6) is 5.75 Å². The van der Waals surface area contributed by atoms with Crippen molar-refractivity contribution in [2.75, 3.05) is 19.7 Å². The van der Waals surface area contributed by atoms with Crippen molar-refractivity contribution in [3.63, 3.8) is 0 Å². The standard InChI is InChI=1S/C29H34N2O5/c1-29(12-13-29)18-35-28(33)31-14-10-21(11-15-31)27-34-17-23-16-22(6-9-25(23)36-27)19-2-4-20(5-3-19)26(32)30-24-7-8-24/h2-6,9,16,21,24,27H,7-8,10-15,17-18H2,1H3,(H,30,32). The molecule has 0 spiro atoms. The quantitative estimate of drug-likeness (QED) is 0.608. The number of ether oxygens (including phenoxy) is 3. The number of benzene rings is 2. The van der Waals surface area contributed by atoms with Gasteiger partial charge in [-0.2, -0.15) is 0 Å². The van der Waals surface area contributed by atoms with E-state index in [2.05, 4.69) is 24.4 Å². The predicted molar refractivity (Wildman–Crippen MR) is 135 cm³/mol. The number of nitrogens with zero attached hydrogens (tertiary/aromatic N) is 1. The van der Waals surface area contributed by atoms with Crippen LogP contribution < -0.4 is 10.1 Å². The molecule has 1 N–H and O–H groups in total. The van der Waals surface area contributed by atoms with E-state index in [1.54, 1.807) is 0 Å². The highest BCUT2D eigenvalue weighted by Crippen LogP contribution is 2.45. The maximum absolute atomic E-state index is 12.4. The summed E-state index contributed by atoms with van der Waals surface area (Å²) < 4.78 is 17.9. The highest BCUT2D eigenvalue weighted by atomic mass is 16.7. The Morgan fingerprint density at radius 2 is 1.75 bits per heavy atom. The maximum atomic E-state index is 12.4. The molecule has 2 saturated carbocycles. The normalized spacial score (nSPS) is 22.8. The van der Waals surface area contributed by atoms with Crippen LogP contribution in [-0.4, -0.2) is 48.9 Å². The zero-order chi connectivity index (χ0) is 24.7. The van der Waals surface area contributed by atoms with Crippen molar-refractivity contribution >= 4 is 12.0 Å². The molecule has 36 heavy (non-hydrogen) atoms. The summed E-state index contributed by atoms with van der Waals surface area (Å²) in [6, 6.07) is 14.3. The third-order valence-corrected chi connectivity index (χ3v) is 7.93. The van der Waals surface area contributed by atoms with E-state index in [0.29, 0.717) is 37.9 Å². The second-order valence-corrected chi connectivity index (χ2v) is 11.1. The molecule has 1 saturated heterocycles. The van der Waals surface area contributed by atoms with Crippen molar-refractivity contribution in [3.8, 4) is 16.9 Å². The molecule has 6 rings (SSSR count). The Kier molecular flexibility index (Phi) is 6.12. The van der Waals surface area contributed by atoms with E-state index in [-0.39, 0.29) is 29.6 Å². The molecule has 3 fully saturated rings. The molecule has 2 aromatic rings. The molecule has 2 aliphatic carbocycles. The molecule has 4 aliphatic rings. The fourth-order valence-corrected chi connectivity index (χ4v) is 4.90. The molecule has 0 radical (unpaired) electrons. The van der Waals surface area contributed by atoms with Gasteiger partial charge in [-0.05, 0) is 73.9 Å². The lowest BCUT2D eigenvalue weighted by molar-refractivity contribution is -0.148. The van der Waals surface area contributed by atoms with Crippen molar-refractivity contribution in [2.45, 2.75) is 64.4 Å². The first-order valence-electron chi connectivity index (χ1n) is 13.2. The lowest BCUT2D eigenvalue weighted by Crippen LogP contribution is -2.44. The number of rotatable bonds is 6. The van der Waals surface area contributed by atoms with Crippen LogP contribution in [0.15, 0.2) is 42.5 Å². The molecule has 2 heterocycles.